The van der Waals surface area contributed by atoms with E-state index in [2.05, 4.69) is 29.3 Å². The summed E-state index contributed by atoms with van der Waals surface area (Å²) in [5, 5.41) is 2.98. The summed E-state index contributed by atoms with van der Waals surface area (Å²) in [5.41, 5.74) is 1.31. The summed E-state index contributed by atoms with van der Waals surface area (Å²) in [7, 11) is 0. The van der Waals surface area contributed by atoms with Gasteiger partial charge in [-0.1, -0.05) is 30.3 Å². The number of rotatable bonds is 5. The van der Waals surface area contributed by atoms with Gasteiger partial charge in [0.2, 0.25) is 11.8 Å². The standard InChI is InChI=1S/C22H33N3O2/c1-4-25-16-22(14-19(21(25)27)18-8-6-5-7-9-18)10-12-24(13-11-22)15-20(26)23-17(2)3/h5-9,17,19H,4,10-16H2,1-3H3,(H,23,26)/t19-/m1/s1. The zero-order valence-corrected chi connectivity index (χ0v) is 16.9. The van der Waals surface area contributed by atoms with Crippen molar-refractivity contribution in [2.24, 2.45) is 5.41 Å². The molecule has 0 aliphatic carbocycles. The van der Waals surface area contributed by atoms with Crippen molar-refractivity contribution in [1.82, 2.24) is 15.1 Å². The van der Waals surface area contributed by atoms with Crippen LogP contribution in [0.4, 0.5) is 0 Å². The van der Waals surface area contributed by atoms with Crippen LogP contribution in [0.15, 0.2) is 30.3 Å². The lowest BCUT2D eigenvalue weighted by atomic mass is 9.67. The van der Waals surface area contributed by atoms with E-state index >= 15 is 0 Å². The van der Waals surface area contributed by atoms with Crippen molar-refractivity contribution in [3.8, 4) is 0 Å². The van der Waals surface area contributed by atoms with E-state index in [0.29, 0.717) is 6.54 Å². The smallest absolute Gasteiger partial charge is 0.234 e. The summed E-state index contributed by atoms with van der Waals surface area (Å²) in [6.07, 6.45) is 3.03. The van der Waals surface area contributed by atoms with Gasteiger partial charge < -0.3 is 10.2 Å². The number of carbonyl (C=O) groups is 2. The number of hydrogen-bond donors (Lipinski definition) is 1. The maximum Gasteiger partial charge on any atom is 0.234 e. The Bertz CT molecular complexity index is 651. The summed E-state index contributed by atoms with van der Waals surface area (Å²) in [4.78, 5) is 29.3. The van der Waals surface area contributed by atoms with Crippen LogP contribution in [0, 0.1) is 5.41 Å². The Morgan fingerprint density at radius 2 is 1.89 bits per heavy atom. The molecule has 0 radical (unpaired) electrons. The Kier molecular flexibility index (Phi) is 6.20. The van der Waals surface area contributed by atoms with E-state index < -0.39 is 0 Å². The second-order valence-electron chi connectivity index (χ2n) is 8.52. The predicted octanol–water partition coefficient (Wildman–Crippen LogP) is 2.63. The molecule has 2 aliphatic rings. The Labute approximate surface area is 163 Å². The molecule has 0 saturated carbocycles. The lowest BCUT2D eigenvalue weighted by Gasteiger charge is -2.49. The molecule has 5 heteroatoms. The first-order valence-corrected chi connectivity index (χ1v) is 10.3. The molecular weight excluding hydrogens is 338 g/mol. The molecule has 27 heavy (non-hydrogen) atoms. The Morgan fingerprint density at radius 3 is 2.48 bits per heavy atom. The molecule has 1 atom stereocenters. The molecule has 1 aromatic carbocycles. The zero-order chi connectivity index (χ0) is 19.4. The molecule has 1 N–H and O–H groups in total. The molecule has 2 saturated heterocycles. The van der Waals surface area contributed by atoms with Crippen molar-refractivity contribution < 1.29 is 9.59 Å². The number of hydrogen-bond acceptors (Lipinski definition) is 3. The van der Waals surface area contributed by atoms with Crippen molar-refractivity contribution in [2.45, 2.75) is 52.0 Å². The zero-order valence-electron chi connectivity index (χ0n) is 16.9. The molecule has 5 nitrogen and oxygen atoms in total. The van der Waals surface area contributed by atoms with Gasteiger partial charge in [-0.2, -0.15) is 0 Å². The van der Waals surface area contributed by atoms with Gasteiger partial charge in [-0.3, -0.25) is 14.5 Å². The van der Waals surface area contributed by atoms with Gasteiger partial charge >= 0.3 is 0 Å². The quantitative estimate of drug-likeness (QED) is 0.866. The third kappa shape index (κ3) is 4.70. The lowest BCUT2D eigenvalue weighted by Crippen LogP contribution is -2.54. The van der Waals surface area contributed by atoms with Crippen molar-refractivity contribution in [2.75, 3.05) is 32.7 Å². The number of nitrogens with one attached hydrogen (secondary N) is 1. The monoisotopic (exact) mass is 371 g/mol. The molecule has 148 valence electrons. The van der Waals surface area contributed by atoms with Gasteiger partial charge in [0.25, 0.3) is 0 Å². The molecule has 2 amide bonds. The van der Waals surface area contributed by atoms with E-state index in [4.69, 9.17) is 0 Å². The van der Waals surface area contributed by atoms with Gasteiger partial charge in [-0.15, -0.1) is 0 Å². The summed E-state index contributed by atoms with van der Waals surface area (Å²) in [5.74, 6) is 0.348. The van der Waals surface area contributed by atoms with Crippen LogP contribution in [0.2, 0.25) is 0 Å². The van der Waals surface area contributed by atoms with Crippen LogP contribution in [-0.2, 0) is 9.59 Å². The summed E-state index contributed by atoms with van der Waals surface area (Å²) in [6, 6.07) is 10.4. The summed E-state index contributed by atoms with van der Waals surface area (Å²) < 4.78 is 0. The van der Waals surface area contributed by atoms with Crippen LogP contribution in [0.25, 0.3) is 0 Å². The Hall–Kier alpha value is -1.88. The van der Waals surface area contributed by atoms with E-state index in [1.54, 1.807) is 0 Å². The van der Waals surface area contributed by atoms with Crippen LogP contribution < -0.4 is 5.32 Å². The highest BCUT2D eigenvalue weighted by Gasteiger charge is 2.45. The van der Waals surface area contributed by atoms with Crippen molar-refractivity contribution in [3.63, 3.8) is 0 Å². The van der Waals surface area contributed by atoms with Crippen LogP contribution in [0.3, 0.4) is 0 Å². The first-order chi connectivity index (χ1) is 12.9. The second kappa shape index (κ2) is 8.42. The highest BCUT2D eigenvalue weighted by Crippen LogP contribution is 2.45. The molecule has 1 aromatic rings. The average Bonchev–Trinajstić information content (AvgIpc) is 2.65. The van der Waals surface area contributed by atoms with E-state index in [0.717, 1.165) is 51.0 Å². The molecular formula is C22H33N3O2. The van der Waals surface area contributed by atoms with E-state index in [-0.39, 0.29) is 29.2 Å². The second-order valence-corrected chi connectivity index (χ2v) is 8.52. The fraction of sp³-hybridized carbons (Fsp3) is 0.636. The Balaban J connectivity index is 1.67. The largest absolute Gasteiger partial charge is 0.353 e. The molecule has 0 bridgehead atoms. The fourth-order valence-electron chi connectivity index (χ4n) is 4.62. The molecule has 2 fully saturated rings. The van der Waals surface area contributed by atoms with Crippen LogP contribution >= 0.6 is 0 Å². The molecule has 2 aliphatic heterocycles. The van der Waals surface area contributed by atoms with Gasteiger partial charge in [-0.25, -0.2) is 0 Å². The van der Waals surface area contributed by atoms with Gasteiger partial charge in [0.15, 0.2) is 0 Å². The summed E-state index contributed by atoms with van der Waals surface area (Å²) >= 11 is 0. The maximum atomic E-state index is 13.0. The number of likely N-dealkylation sites (N-methyl/N-ethyl adjacent to an activating group) is 1. The minimum atomic E-state index is -0.0318. The van der Waals surface area contributed by atoms with E-state index in [9.17, 15) is 9.59 Å². The number of piperidine rings is 2. The number of amides is 2. The fourth-order valence-corrected chi connectivity index (χ4v) is 4.62. The molecule has 0 aromatic heterocycles. The Morgan fingerprint density at radius 1 is 1.22 bits per heavy atom. The molecule has 1 spiro atoms. The van der Waals surface area contributed by atoms with E-state index in [1.807, 2.05) is 36.9 Å². The number of likely N-dealkylation sites (tertiary alicyclic amines) is 2. The van der Waals surface area contributed by atoms with Gasteiger partial charge in [-0.05, 0) is 64.1 Å². The van der Waals surface area contributed by atoms with Gasteiger partial charge in [0, 0.05) is 19.1 Å². The first-order valence-electron chi connectivity index (χ1n) is 10.3. The lowest BCUT2D eigenvalue weighted by molar-refractivity contribution is -0.141. The first kappa shape index (κ1) is 19.9. The number of nitrogens with zero attached hydrogens (tertiary/aromatic N) is 2. The van der Waals surface area contributed by atoms with Crippen molar-refractivity contribution in [3.05, 3.63) is 35.9 Å². The summed E-state index contributed by atoms with van der Waals surface area (Å²) in [6.45, 7) is 10.0. The SMILES string of the molecule is CCN1CC2(CCN(CC(=O)NC(C)C)CC2)C[C@H](c2ccccc2)C1=O. The van der Waals surface area contributed by atoms with Gasteiger partial charge in [0.05, 0.1) is 12.5 Å². The molecule has 2 heterocycles. The van der Waals surface area contributed by atoms with Gasteiger partial charge in [0.1, 0.15) is 0 Å². The normalized spacial score (nSPS) is 23.0. The minimum absolute atomic E-state index is 0.0318. The highest BCUT2D eigenvalue weighted by molar-refractivity contribution is 5.84. The number of carbonyl (C=O) groups excluding carboxylic acids is 2. The van der Waals surface area contributed by atoms with Crippen LogP contribution in [0.5, 0.6) is 0 Å². The number of benzene rings is 1. The topological polar surface area (TPSA) is 52.6 Å². The molecule has 3 rings (SSSR count). The highest BCUT2D eigenvalue weighted by atomic mass is 16.2. The maximum absolute atomic E-state index is 13.0. The average molecular weight is 372 g/mol. The third-order valence-corrected chi connectivity index (χ3v) is 6.09. The molecule has 0 unspecified atom stereocenters. The van der Waals surface area contributed by atoms with E-state index in [1.165, 1.54) is 0 Å². The third-order valence-electron chi connectivity index (χ3n) is 6.09. The van der Waals surface area contributed by atoms with Crippen molar-refractivity contribution in [1.29, 1.82) is 0 Å². The van der Waals surface area contributed by atoms with Crippen LogP contribution in [0.1, 0.15) is 51.5 Å². The van der Waals surface area contributed by atoms with Crippen molar-refractivity contribution >= 4 is 11.8 Å². The predicted molar refractivity (Wildman–Crippen MR) is 107 cm³/mol. The van der Waals surface area contributed by atoms with Crippen LogP contribution in [-0.4, -0.2) is 60.4 Å². The minimum Gasteiger partial charge on any atom is -0.353 e.